The monoisotopic (exact) mass is 180 g/mol. The van der Waals surface area contributed by atoms with Gasteiger partial charge in [-0.25, -0.2) is 4.98 Å². The molecule has 0 radical (unpaired) electrons. The van der Waals surface area contributed by atoms with Gasteiger partial charge in [0.15, 0.2) is 17.9 Å². The molecule has 0 saturated heterocycles. The molecule has 1 rings (SSSR count). The Kier molecular flexibility index (Phi) is 2.51. The van der Waals surface area contributed by atoms with Crippen LogP contribution in [0.1, 0.15) is 28.5 Å². The first-order chi connectivity index (χ1) is 6.11. The SMILES string of the molecule is CCc1c(C=O)nc(N)c(O)c1C. The fraction of sp³-hybridized carbons (Fsp3) is 0.333. The van der Waals surface area contributed by atoms with E-state index < -0.39 is 0 Å². The molecular weight excluding hydrogens is 168 g/mol. The Morgan fingerprint density at radius 2 is 2.23 bits per heavy atom. The number of rotatable bonds is 2. The van der Waals surface area contributed by atoms with Crippen molar-refractivity contribution in [2.24, 2.45) is 0 Å². The quantitative estimate of drug-likeness (QED) is 0.667. The highest BCUT2D eigenvalue weighted by atomic mass is 16.3. The summed E-state index contributed by atoms with van der Waals surface area (Å²) in [4.78, 5) is 14.4. The molecule has 0 aliphatic rings. The lowest BCUT2D eigenvalue weighted by Gasteiger charge is -2.09. The first kappa shape index (κ1) is 9.51. The second-order valence-corrected chi connectivity index (χ2v) is 2.81. The fourth-order valence-electron chi connectivity index (χ4n) is 1.32. The Labute approximate surface area is 76.4 Å². The number of carbonyl (C=O) groups is 1. The van der Waals surface area contributed by atoms with Crippen LogP contribution in [-0.2, 0) is 6.42 Å². The predicted octanol–water partition coefficient (Wildman–Crippen LogP) is 1.05. The number of hydrogen-bond acceptors (Lipinski definition) is 4. The lowest BCUT2D eigenvalue weighted by molar-refractivity contribution is 0.111. The van der Waals surface area contributed by atoms with Gasteiger partial charge in [-0.05, 0) is 18.9 Å². The molecule has 1 aromatic heterocycles. The van der Waals surface area contributed by atoms with E-state index in [1.165, 1.54) is 0 Å². The van der Waals surface area contributed by atoms with Gasteiger partial charge in [0.25, 0.3) is 0 Å². The summed E-state index contributed by atoms with van der Waals surface area (Å²) in [6, 6.07) is 0. The third kappa shape index (κ3) is 1.47. The summed E-state index contributed by atoms with van der Waals surface area (Å²) < 4.78 is 0. The molecule has 0 aliphatic heterocycles. The van der Waals surface area contributed by atoms with E-state index in [9.17, 15) is 9.90 Å². The molecular formula is C9H12N2O2. The van der Waals surface area contributed by atoms with E-state index in [4.69, 9.17) is 5.73 Å². The summed E-state index contributed by atoms with van der Waals surface area (Å²) in [6.07, 6.45) is 1.31. The van der Waals surface area contributed by atoms with Crippen molar-refractivity contribution in [3.05, 3.63) is 16.8 Å². The molecule has 0 aromatic carbocycles. The number of carbonyl (C=O) groups excluding carboxylic acids is 1. The third-order valence-corrected chi connectivity index (χ3v) is 2.07. The molecule has 4 heteroatoms. The molecule has 70 valence electrons. The van der Waals surface area contributed by atoms with Gasteiger partial charge in [0.05, 0.1) is 0 Å². The molecule has 1 heterocycles. The standard InChI is InChI=1S/C9H12N2O2/c1-3-6-5(2)8(13)9(10)11-7(6)4-12/h4,13H,3H2,1-2H3,(H2,10,11). The van der Waals surface area contributed by atoms with Crippen molar-refractivity contribution in [3.8, 4) is 5.75 Å². The van der Waals surface area contributed by atoms with Gasteiger partial charge in [-0.1, -0.05) is 6.92 Å². The van der Waals surface area contributed by atoms with E-state index in [-0.39, 0.29) is 11.6 Å². The zero-order valence-corrected chi connectivity index (χ0v) is 7.66. The molecule has 0 fully saturated rings. The van der Waals surface area contributed by atoms with E-state index in [1.807, 2.05) is 6.92 Å². The Morgan fingerprint density at radius 1 is 1.62 bits per heavy atom. The number of aldehydes is 1. The van der Waals surface area contributed by atoms with Gasteiger partial charge in [-0.2, -0.15) is 0 Å². The number of aromatic nitrogens is 1. The summed E-state index contributed by atoms with van der Waals surface area (Å²) in [5, 5.41) is 9.43. The molecule has 0 unspecified atom stereocenters. The normalized spacial score (nSPS) is 10.0. The number of hydrogen-bond donors (Lipinski definition) is 2. The van der Waals surface area contributed by atoms with E-state index >= 15 is 0 Å². The summed E-state index contributed by atoms with van der Waals surface area (Å²) in [6.45, 7) is 3.62. The van der Waals surface area contributed by atoms with Crippen molar-refractivity contribution >= 4 is 12.1 Å². The molecule has 13 heavy (non-hydrogen) atoms. The highest BCUT2D eigenvalue weighted by Crippen LogP contribution is 2.27. The van der Waals surface area contributed by atoms with Crippen LogP contribution in [0.3, 0.4) is 0 Å². The van der Waals surface area contributed by atoms with Crippen molar-refractivity contribution < 1.29 is 9.90 Å². The molecule has 1 aromatic rings. The first-order valence-electron chi connectivity index (χ1n) is 4.04. The van der Waals surface area contributed by atoms with Crippen molar-refractivity contribution in [1.29, 1.82) is 0 Å². The van der Waals surface area contributed by atoms with Gasteiger partial charge in [-0.15, -0.1) is 0 Å². The van der Waals surface area contributed by atoms with Gasteiger partial charge in [0.1, 0.15) is 5.69 Å². The summed E-state index contributed by atoms with van der Waals surface area (Å²) in [5.74, 6) is -0.0146. The first-order valence-corrected chi connectivity index (χ1v) is 4.04. The van der Waals surface area contributed by atoms with Gasteiger partial charge >= 0.3 is 0 Å². The summed E-state index contributed by atoms with van der Waals surface area (Å²) in [7, 11) is 0. The number of anilines is 1. The highest BCUT2D eigenvalue weighted by molar-refractivity contribution is 5.77. The van der Waals surface area contributed by atoms with E-state index in [0.29, 0.717) is 24.0 Å². The van der Waals surface area contributed by atoms with Crippen LogP contribution in [0.15, 0.2) is 0 Å². The Hall–Kier alpha value is -1.58. The van der Waals surface area contributed by atoms with Crippen LogP contribution in [0.4, 0.5) is 5.82 Å². The average Bonchev–Trinajstić information content (AvgIpc) is 2.13. The smallest absolute Gasteiger partial charge is 0.168 e. The zero-order valence-electron chi connectivity index (χ0n) is 7.66. The summed E-state index contributed by atoms with van der Waals surface area (Å²) in [5.41, 5.74) is 7.10. The molecule has 0 aliphatic carbocycles. The zero-order chi connectivity index (χ0) is 10.0. The van der Waals surface area contributed by atoms with Crippen molar-refractivity contribution in [1.82, 2.24) is 4.98 Å². The van der Waals surface area contributed by atoms with E-state index in [0.717, 1.165) is 5.56 Å². The van der Waals surface area contributed by atoms with Crippen LogP contribution >= 0.6 is 0 Å². The van der Waals surface area contributed by atoms with Crippen LogP contribution < -0.4 is 5.73 Å². The second kappa shape index (κ2) is 3.43. The van der Waals surface area contributed by atoms with Gasteiger partial charge < -0.3 is 10.8 Å². The van der Waals surface area contributed by atoms with E-state index in [2.05, 4.69) is 4.98 Å². The van der Waals surface area contributed by atoms with Gasteiger partial charge in [-0.3, -0.25) is 4.79 Å². The molecule has 0 saturated carbocycles. The maximum atomic E-state index is 10.6. The minimum absolute atomic E-state index is 0.0109. The highest BCUT2D eigenvalue weighted by Gasteiger charge is 2.12. The number of aromatic hydroxyl groups is 1. The number of nitrogens with zero attached hydrogens (tertiary/aromatic N) is 1. The maximum Gasteiger partial charge on any atom is 0.168 e. The Balaban J connectivity index is 3.47. The van der Waals surface area contributed by atoms with Gasteiger partial charge in [0, 0.05) is 5.56 Å². The van der Waals surface area contributed by atoms with E-state index in [1.54, 1.807) is 6.92 Å². The minimum Gasteiger partial charge on any atom is -0.504 e. The molecule has 0 atom stereocenters. The van der Waals surface area contributed by atoms with Crippen LogP contribution in [0.25, 0.3) is 0 Å². The minimum atomic E-state index is -0.0255. The van der Waals surface area contributed by atoms with Crippen LogP contribution in [0, 0.1) is 6.92 Å². The summed E-state index contributed by atoms with van der Waals surface area (Å²) >= 11 is 0. The molecule has 0 spiro atoms. The Morgan fingerprint density at radius 3 is 2.69 bits per heavy atom. The number of nitrogens with two attached hydrogens (primary N) is 1. The van der Waals surface area contributed by atoms with Crippen LogP contribution in [0.2, 0.25) is 0 Å². The predicted molar refractivity (Wildman–Crippen MR) is 49.8 cm³/mol. The number of nitrogen functional groups attached to an aromatic ring is 1. The third-order valence-electron chi connectivity index (χ3n) is 2.07. The molecule has 0 amide bonds. The topological polar surface area (TPSA) is 76.2 Å². The van der Waals surface area contributed by atoms with Crippen molar-refractivity contribution in [2.45, 2.75) is 20.3 Å². The fourth-order valence-corrected chi connectivity index (χ4v) is 1.32. The molecule has 4 nitrogen and oxygen atoms in total. The molecule has 3 N–H and O–H groups in total. The van der Waals surface area contributed by atoms with Crippen molar-refractivity contribution in [3.63, 3.8) is 0 Å². The lowest BCUT2D eigenvalue weighted by atomic mass is 10.0. The number of pyridine rings is 1. The van der Waals surface area contributed by atoms with Crippen LogP contribution in [-0.4, -0.2) is 16.4 Å². The largest absolute Gasteiger partial charge is 0.504 e. The van der Waals surface area contributed by atoms with Gasteiger partial charge in [0.2, 0.25) is 0 Å². The average molecular weight is 180 g/mol. The second-order valence-electron chi connectivity index (χ2n) is 2.81. The Bertz CT molecular complexity index is 348. The lowest BCUT2D eigenvalue weighted by Crippen LogP contribution is -2.03. The molecule has 0 bridgehead atoms. The van der Waals surface area contributed by atoms with Crippen LogP contribution in [0.5, 0.6) is 5.75 Å². The maximum absolute atomic E-state index is 10.6. The van der Waals surface area contributed by atoms with Crippen molar-refractivity contribution in [2.75, 3.05) is 5.73 Å².